The Hall–Kier alpha value is -0.795. The Morgan fingerprint density at radius 3 is 2.40 bits per heavy atom. The average Bonchev–Trinajstić information content (AvgIpc) is 2.42. The van der Waals surface area contributed by atoms with Crippen LogP contribution < -0.4 is 5.46 Å². The number of fused-ring (bicyclic) bond motifs is 1. The van der Waals surface area contributed by atoms with Crippen LogP contribution in [-0.4, -0.2) is 12.1 Å². The fourth-order valence-electron chi connectivity index (χ4n) is 1.93. The van der Waals surface area contributed by atoms with Crippen LogP contribution in [0.1, 0.15) is 38.8 Å². The minimum atomic E-state index is -0.758. The second kappa shape index (κ2) is 4.37. The zero-order chi connectivity index (χ0) is 11.6. The molecule has 82 valence electrons. The monoisotopic (exact) mass is 206 g/mol. The van der Waals surface area contributed by atoms with Crippen molar-refractivity contribution in [1.29, 1.82) is 0 Å². The van der Waals surface area contributed by atoms with Crippen molar-refractivity contribution in [3.8, 4) is 0 Å². The SMILES string of the molecule is CC.Cc1cccc2c1B(O)OC2(C)C. The Balaban J connectivity index is 0.000000531. The Labute approximate surface area is 92.4 Å². The number of rotatable bonds is 0. The molecular weight excluding hydrogens is 187 g/mol. The summed E-state index contributed by atoms with van der Waals surface area (Å²) in [5, 5.41) is 9.68. The van der Waals surface area contributed by atoms with E-state index in [0.29, 0.717) is 0 Å². The average molecular weight is 206 g/mol. The van der Waals surface area contributed by atoms with Crippen LogP contribution in [0.3, 0.4) is 0 Å². The van der Waals surface area contributed by atoms with Gasteiger partial charge in [0, 0.05) is 0 Å². The van der Waals surface area contributed by atoms with Crippen LogP contribution in [0.25, 0.3) is 0 Å². The molecule has 15 heavy (non-hydrogen) atoms. The largest absolute Gasteiger partial charge is 0.492 e. The molecule has 1 aromatic carbocycles. The summed E-state index contributed by atoms with van der Waals surface area (Å²) >= 11 is 0. The number of aryl methyl sites for hydroxylation is 1. The summed E-state index contributed by atoms with van der Waals surface area (Å²) in [7, 11) is -0.758. The van der Waals surface area contributed by atoms with Gasteiger partial charge in [0.25, 0.3) is 0 Å². The lowest BCUT2D eigenvalue weighted by Crippen LogP contribution is -2.30. The molecule has 0 amide bonds. The van der Waals surface area contributed by atoms with Crippen molar-refractivity contribution < 1.29 is 9.68 Å². The third-order valence-corrected chi connectivity index (χ3v) is 2.63. The van der Waals surface area contributed by atoms with Crippen LogP contribution in [0.5, 0.6) is 0 Å². The van der Waals surface area contributed by atoms with Gasteiger partial charge in [0.15, 0.2) is 0 Å². The van der Waals surface area contributed by atoms with Gasteiger partial charge >= 0.3 is 7.12 Å². The van der Waals surface area contributed by atoms with Gasteiger partial charge in [-0.1, -0.05) is 37.6 Å². The van der Waals surface area contributed by atoms with E-state index < -0.39 is 7.12 Å². The first-order valence-electron chi connectivity index (χ1n) is 5.48. The normalized spacial score (nSPS) is 16.8. The summed E-state index contributed by atoms with van der Waals surface area (Å²) in [5.41, 5.74) is 2.77. The lowest BCUT2D eigenvalue weighted by atomic mass is 9.75. The van der Waals surface area contributed by atoms with Gasteiger partial charge in [-0.2, -0.15) is 0 Å². The van der Waals surface area contributed by atoms with Gasteiger partial charge in [0.05, 0.1) is 5.60 Å². The highest BCUT2D eigenvalue weighted by Gasteiger charge is 2.41. The highest BCUT2D eigenvalue weighted by atomic mass is 16.5. The van der Waals surface area contributed by atoms with Crippen molar-refractivity contribution in [2.45, 2.75) is 40.2 Å². The van der Waals surface area contributed by atoms with Crippen LogP contribution in [0.2, 0.25) is 0 Å². The van der Waals surface area contributed by atoms with Crippen molar-refractivity contribution >= 4 is 12.6 Å². The van der Waals surface area contributed by atoms with E-state index in [1.54, 1.807) is 0 Å². The first kappa shape index (κ1) is 12.3. The molecule has 0 aromatic heterocycles. The van der Waals surface area contributed by atoms with Crippen LogP contribution in [-0.2, 0) is 10.3 Å². The number of hydrogen-bond acceptors (Lipinski definition) is 2. The van der Waals surface area contributed by atoms with Crippen LogP contribution in [0, 0.1) is 6.92 Å². The zero-order valence-electron chi connectivity index (χ0n) is 10.2. The van der Waals surface area contributed by atoms with Crippen LogP contribution in [0.4, 0.5) is 0 Å². The maximum absolute atomic E-state index is 9.68. The van der Waals surface area contributed by atoms with E-state index >= 15 is 0 Å². The summed E-state index contributed by atoms with van der Waals surface area (Å²) in [6.45, 7) is 9.94. The summed E-state index contributed by atoms with van der Waals surface area (Å²) < 4.78 is 5.46. The second-order valence-electron chi connectivity index (χ2n) is 4.02. The molecule has 1 aromatic rings. The highest BCUT2D eigenvalue weighted by molar-refractivity contribution is 6.62. The molecule has 0 saturated heterocycles. The highest BCUT2D eigenvalue weighted by Crippen LogP contribution is 2.30. The van der Waals surface area contributed by atoms with Gasteiger partial charge in [-0.3, -0.25) is 0 Å². The third kappa shape index (κ3) is 2.08. The Kier molecular flexibility index (Phi) is 3.58. The summed E-state index contributed by atoms with van der Waals surface area (Å²) in [6, 6.07) is 6.00. The molecule has 0 fully saturated rings. The van der Waals surface area contributed by atoms with Crippen molar-refractivity contribution in [2.75, 3.05) is 0 Å². The van der Waals surface area contributed by atoms with E-state index in [-0.39, 0.29) is 5.60 Å². The Morgan fingerprint density at radius 2 is 1.87 bits per heavy atom. The quantitative estimate of drug-likeness (QED) is 0.657. The van der Waals surface area contributed by atoms with E-state index in [1.807, 2.05) is 52.8 Å². The van der Waals surface area contributed by atoms with Gasteiger partial charge in [-0.15, -0.1) is 0 Å². The molecule has 2 nitrogen and oxygen atoms in total. The fraction of sp³-hybridized carbons (Fsp3) is 0.500. The molecule has 0 bridgehead atoms. The smallest absolute Gasteiger partial charge is 0.423 e. The fourth-order valence-corrected chi connectivity index (χ4v) is 1.93. The summed E-state index contributed by atoms with van der Waals surface area (Å²) in [5.74, 6) is 0. The van der Waals surface area contributed by atoms with Crippen molar-refractivity contribution in [3.63, 3.8) is 0 Å². The van der Waals surface area contributed by atoms with Crippen LogP contribution >= 0.6 is 0 Å². The van der Waals surface area contributed by atoms with Crippen molar-refractivity contribution in [2.24, 2.45) is 0 Å². The molecule has 0 spiro atoms. The molecule has 0 saturated carbocycles. The molecule has 0 unspecified atom stereocenters. The second-order valence-corrected chi connectivity index (χ2v) is 4.02. The van der Waals surface area contributed by atoms with Gasteiger partial charge < -0.3 is 9.68 Å². The minimum Gasteiger partial charge on any atom is -0.423 e. The lowest BCUT2D eigenvalue weighted by molar-refractivity contribution is 0.101. The first-order valence-corrected chi connectivity index (χ1v) is 5.48. The van der Waals surface area contributed by atoms with Gasteiger partial charge in [-0.05, 0) is 31.8 Å². The molecule has 0 aliphatic carbocycles. The Morgan fingerprint density at radius 1 is 1.27 bits per heavy atom. The maximum Gasteiger partial charge on any atom is 0.492 e. The summed E-state index contributed by atoms with van der Waals surface area (Å²) in [6.07, 6.45) is 0. The van der Waals surface area contributed by atoms with Gasteiger partial charge in [0.1, 0.15) is 0 Å². The molecular formula is C12H19BO2. The predicted molar refractivity (Wildman–Crippen MR) is 64.2 cm³/mol. The van der Waals surface area contributed by atoms with E-state index in [2.05, 4.69) is 0 Å². The molecule has 1 heterocycles. The van der Waals surface area contributed by atoms with E-state index in [4.69, 9.17) is 4.65 Å². The molecule has 1 aliphatic rings. The van der Waals surface area contributed by atoms with Crippen molar-refractivity contribution in [1.82, 2.24) is 0 Å². The summed E-state index contributed by atoms with van der Waals surface area (Å²) in [4.78, 5) is 0. The van der Waals surface area contributed by atoms with Gasteiger partial charge in [-0.25, -0.2) is 0 Å². The first-order chi connectivity index (χ1) is 7.02. The standard InChI is InChI=1S/C10H13BO2.C2H6/c1-7-5-4-6-8-9(7)11(12)13-10(8,2)3;1-2/h4-6,12H,1-3H3;1-2H3. The molecule has 1 N–H and O–H groups in total. The molecule has 1 aliphatic heterocycles. The van der Waals surface area contributed by atoms with Gasteiger partial charge in [0.2, 0.25) is 0 Å². The van der Waals surface area contributed by atoms with E-state index in [1.165, 1.54) is 0 Å². The Bertz CT molecular complexity index is 347. The van der Waals surface area contributed by atoms with E-state index in [9.17, 15) is 5.02 Å². The maximum atomic E-state index is 9.68. The molecule has 0 radical (unpaired) electrons. The molecule has 3 heteroatoms. The predicted octanol–water partition coefficient (Wildman–Crippen LogP) is 1.97. The molecule has 0 atom stereocenters. The number of benzene rings is 1. The lowest BCUT2D eigenvalue weighted by Gasteiger charge is -2.19. The van der Waals surface area contributed by atoms with Crippen LogP contribution in [0.15, 0.2) is 18.2 Å². The third-order valence-electron chi connectivity index (χ3n) is 2.63. The van der Waals surface area contributed by atoms with Crippen molar-refractivity contribution in [3.05, 3.63) is 29.3 Å². The van der Waals surface area contributed by atoms with E-state index in [0.717, 1.165) is 16.6 Å². The minimum absolute atomic E-state index is 0.360. The molecule has 2 rings (SSSR count). The number of hydrogen-bond donors (Lipinski definition) is 1. The topological polar surface area (TPSA) is 29.5 Å². The zero-order valence-corrected chi connectivity index (χ0v) is 10.2.